The fraction of sp³-hybridized carbons (Fsp3) is 0.500. The van der Waals surface area contributed by atoms with Crippen molar-refractivity contribution in [2.45, 2.75) is 32.9 Å². The molecule has 0 aliphatic carbocycles. The van der Waals surface area contributed by atoms with Crippen molar-refractivity contribution < 1.29 is 4.74 Å². The van der Waals surface area contributed by atoms with Crippen LogP contribution in [-0.2, 0) is 16.9 Å². The van der Waals surface area contributed by atoms with Gasteiger partial charge in [0.25, 0.3) is 0 Å². The Morgan fingerprint density at radius 3 is 2.52 bits per heavy atom. The summed E-state index contributed by atoms with van der Waals surface area (Å²) in [5, 5.41) is 4.98. The summed E-state index contributed by atoms with van der Waals surface area (Å²) in [7, 11) is 0. The first-order valence-electron chi connectivity index (χ1n) is 7.14. The highest BCUT2D eigenvalue weighted by molar-refractivity contribution is 6.30. The van der Waals surface area contributed by atoms with Gasteiger partial charge in [-0.05, 0) is 23.1 Å². The Kier molecular flexibility index (Phi) is 3.54. The van der Waals surface area contributed by atoms with Gasteiger partial charge in [-0.15, -0.1) is 0 Å². The minimum atomic E-state index is -0.365. The van der Waals surface area contributed by atoms with Crippen LogP contribution in [0.2, 0.25) is 5.02 Å². The zero-order chi connectivity index (χ0) is 15.1. The van der Waals surface area contributed by atoms with Gasteiger partial charge < -0.3 is 4.74 Å². The van der Waals surface area contributed by atoms with E-state index in [1.807, 2.05) is 16.8 Å². The first-order chi connectivity index (χ1) is 9.92. The number of hydrogen-bond acceptors (Lipinski definition) is 3. The van der Waals surface area contributed by atoms with E-state index in [0.717, 1.165) is 17.2 Å². The standard InChI is InChI=1S/C16H20ClN3O/c1-15(2,3)14-8-21-16(14,9-20-11-18-10-19-20)12-4-6-13(17)7-5-12/h4-7,10-11,14H,8-9H2,1-3H3. The number of benzene rings is 1. The fourth-order valence-corrected chi connectivity index (χ4v) is 3.26. The molecule has 21 heavy (non-hydrogen) atoms. The van der Waals surface area contributed by atoms with Gasteiger partial charge >= 0.3 is 0 Å². The smallest absolute Gasteiger partial charge is 0.137 e. The molecule has 112 valence electrons. The number of hydrogen-bond donors (Lipinski definition) is 0. The Bertz CT molecular complexity index is 603. The van der Waals surface area contributed by atoms with Crippen LogP contribution in [0.4, 0.5) is 0 Å². The molecule has 1 aromatic carbocycles. The van der Waals surface area contributed by atoms with Gasteiger partial charge in [0.05, 0.1) is 13.2 Å². The molecule has 2 atom stereocenters. The Balaban J connectivity index is 2.01. The largest absolute Gasteiger partial charge is 0.367 e. The zero-order valence-corrected chi connectivity index (χ0v) is 13.3. The first kappa shape index (κ1) is 14.5. The molecule has 0 radical (unpaired) electrons. The summed E-state index contributed by atoms with van der Waals surface area (Å²) < 4.78 is 7.96. The van der Waals surface area contributed by atoms with Crippen LogP contribution < -0.4 is 0 Å². The van der Waals surface area contributed by atoms with Gasteiger partial charge in [-0.25, -0.2) is 9.67 Å². The molecule has 5 heteroatoms. The van der Waals surface area contributed by atoms with Gasteiger partial charge in [-0.3, -0.25) is 0 Å². The molecule has 2 aromatic rings. The lowest BCUT2D eigenvalue weighted by molar-refractivity contribution is -0.253. The van der Waals surface area contributed by atoms with Crippen molar-refractivity contribution >= 4 is 11.6 Å². The highest BCUT2D eigenvalue weighted by Crippen LogP contribution is 2.51. The summed E-state index contributed by atoms with van der Waals surface area (Å²) in [4.78, 5) is 4.03. The number of aromatic nitrogens is 3. The van der Waals surface area contributed by atoms with Crippen LogP contribution in [0.15, 0.2) is 36.9 Å². The third-order valence-corrected chi connectivity index (χ3v) is 4.56. The quantitative estimate of drug-likeness (QED) is 0.871. The van der Waals surface area contributed by atoms with E-state index in [1.165, 1.54) is 0 Å². The molecule has 1 fully saturated rings. The lowest BCUT2D eigenvalue weighted by Crippen LogP contribution is -2.58. The minimum absolute atomic E-state index is 0.151. The fourth-order valence-electron chi connectivity index (χ4n) is 3.14. The number of halogens is 1. The van der Waals surface area contributed by atoms with E-state index >= 15 is 0 Å². The predicted octanol–water partition coefficient (Wildman–Crippen LogP) is 3.52. The summed E-state index contributed by atoms with van der Waals surface area (Å²) in [6.45, 7) is 8.20. The second-order valence-corrected chi connectivity index (χ2v) is 7.16. The molecule has 0 saturated carbocycles. The summed E-state index contributed by atoms with van der Waals surface area (Å²) in [5.41, 5.74) is 0.934. The maximum Gasteiger partial charge on any atom is 0.137 e. The molecule has 0 amide bonds. The molecule has 4 nitrogen and oxygen atoms in total. The number of ether oxygens (including phenoxy) is 1. The predicted molar refractivity (Wildman–Crippen MR) is 82.0 cm³/mol. The normalized spacial score (nSPS) is 25.6. The van der Waals surface area contributed by atoms with Gasteiger partial charge in [-0.2, -0.15) is 5.10 Å². The maximum absolute atomic E-state index is 6.13. The molecule has 1 aliphatic heterocycles. The zero-order valence-electron chi connectivity index (χ0n) is 12.6. The van der Waals surface area contributed by atoms with E-state index in [-0.39, 0.29) is 11.0 Å². The van der Waals surface area contributed by atoms with Crippen molar-refractivity contribution in [1.29, 1.82) is 0 Å². The maximum atomic E-state index is 6.13. The number of nitrogens with zero attached hydrogens (tertiary/aromatic N) is 3. The Morgan fingerprint density at radius 2 is 2.05 bits per heavy atom. The lowest BCUT2D eigenvalue weighted by Gasteiger charge is -2.55. The molecule has 1 aliphatic rings. The second kappa shape index (κ2) is 5.11. The Hall–Kier alpha value is -1.39. The molecule has 2 heterocycles. The topological polar surface area (TPSA) is 39.9 Å². The van der Waals surface area contributed by atoms with Crippen molar-refractivity contribution in [3.63, 3.8) is 0 Å². The summed E-state index contributed by atoms with van der Waals surface area (Å²) in [6.07, 6.45) is 3.29. The second-order valence-electron chi connectivity index (χ2n) is 6.72. The molecule has 0 N–H and O–H groups in total. The minimum Gasteiger partial charge on any atom is -0.367 e. The average Bonchev–Trinajstić information content (AvgIpc) is 2.86. The van der Waals surface area contributed by atoms with Crippen molar-refractivity contribution in [3.8, 4) is 0 Å². The SMILES string of the molecule is CC(C)(C)C1COC1(Cn1cncn1)c1ccc(Cl)cc1. The van der Waals surface area contributed by atoms with Crippen molar-refractivity contribution in [2.75, 3.05) is 6.61 Å². The van der Waals surface area contributed by atoms with Crippen molar-refractivity contribution in [2.24, 2.45) is 11.3 Å². The van der Waals surface area contributed by atoms with Crippen LogP contribution in [0.1, 0.15) is 26.3 Å². The van der Waals surface area contributed by atoms with E-state index in [9.17, 15) is 0 Å². The monoisotopic (exact) mass is 305 g/mol. The molecule has 3 rings (SSSR count). The first-order valence-corrected chi connectivity index (χ1v) is 7.52. The molecular weight excluding hydrogens is 286 g/mol. The van der Waals surface area contributed by atoms with Gasteiger partial charge in [0.1, 0.15) is 18.3 Å². The van der Waals surface area contributed by atoms with Crippen LogP contribution in [0, 0.1) is 11.3 Å². The van der Waals surface area contributed by atoms with Crippen molar-refractivity contribution in [3.05, 3.63) is 47.5 Å². The summed E-state index contributed by atoms with van der Waals surface area (Å²) in [5.74, 6) is 0.412. The summed E-state index contributed by atoms with van der Waals surface area (Å²) >= 11 is 6.02. The van der Waals surface area contributed by atoms with E-state index < -0.39 is 0 Å². The van der Waals surface area contributed by atoms with E-state index in [1.54, 1.807) is 12.7 Å². The molecule has 2 unspecified atom stereocenters. The summed E-state index contributed by atoms with van der Waals surface area (Å²) in [6, 6.07) is 7.94. The molecule has 1 saturated heterocycles. The molecule has 1 aromatic heterocycles. The van der Waals surface area contributed by atoms with Gasteiger partial charge in [0.15, 0.2) is 0 Å². The van der Waals surface area contributed by atoms with E-state index in [2.05, 4.69) is 43.0 Å². The van der Waals surface area contributed by atoms with Gasteiger partial charge in [0.2, 0.25) is 0 Å². The molecule has 0 spiro atoms. The average molecular weight is 306 g/mol. The van der Waals surface area contributed by atoms with Crippen molar-refractivity contribution in [1.82, 2.24) is 14.8 Å². The van der Waals surface area contributed by atoms with Crippen LogP contribution in [0.3, 0.4) is 0 Å². The van der Waals surface area contributed by atoms with Gasteiger partial charge in [0, 0.05) is 10.9 Å². The molecular formula is C16H20ClN3O. The van der Waals surface area contributed by atoms with Gasteiger partial charge in [-0.1, -0.05) is 44.5 Å². The molecule has 0 bridgehead atoms. The lowest BCUT2D eigenvalue weighted by atomic mass is 9.64. The van der Waals surface area contributed by atoms with Crippen LogP contribution >= 0.6 is 11.6 Å². The Labute approximate surface area is 130 Å². The third kappa shape index (κ3) is 2.58. The third-order valence-electron chi connectivity index (χ3n) is 4.31. The van der Waals surface area contributed by atoms with Crippen LogP contribution in [0.25, 0.3) is 0 Å². The highest BCUT2D eigenvalue weighted by Gasteiger charge is 2.54. The van der Waals surface area contributed by atoms with E-state index in [4.69, 9.17) is 16.3 Å². The highest BCUT2D eigenvalue weighted by atomic mass is 35.5. The Morgan fingerprint density at radius 1 is 1.33 bits per heavy atom. The van der Waals surface area contributed by atoms with Crippen LogP contribution in [-0.4, -0.2) is 21.4 Å². The van der Waals surface area contributed by atoms with E-state index in [0.29, 0.717) is 12.5 Å². The van der Waals surface area contributed by atoms with Crippen LogP contribution in [0.5, 0.6) is 0 Å². The number of rotatable bonds is 3.